The van der Waals surface area contributed by atoms with Gasteiger partial charge in [0.05, 0.1) is 23.3 Å². The normalized spacial score (nSPS) is 30.0. The Morgan fingerprint density at radius 3 is 1.52 bits per heavy atom. The Morgan fingerprint density at radius 2 is 1.02 bits per heavy atom. The summed E-state index contributed by atoms with van der Waals surface area (Å²) >= 11 is 0. The summed E-state index contributed by atoms with van der Waals surface area (Å²) in [7, 11) is 0. The number of ether oxygens (including phenoxy) is 6. The van der Waals surface area contributed by atoms with Gasteiger partial charge in [0, 0.05) is 12.8 Å². The van der Waals surface area contributed by atoms with Gasteiger partial charge in [0.25, 0.3) is 0 Å². The number of fused-ring (bicyclic) bond motifs is 4. The molecule has 4 aliphatic heterocycles. The standard InChI is InChI=1S/C23H27F3O5.C23H25F3O5/c2*1-13-11-14(2)19-15(12-13)7-5-9-17-20(31-22(3,4)30-17)16(27)8-6-10-18(23(24,25)26)29-21(19)28/h5-8,11-12,16-18,20,27H,9-10H2,1-4H3;5-8,11-12,17-18,20H,9-10H2,1-4H3/b2*7-5+,8-6-/t16?,17-,18+,20+;17-,18+,20+/m00/s1. The fraction of sp³-hybridized carbons (Fsp3) is 0.500. The van der Waals surface area contributed by atoms with Gasteiger partial charge in [0.15, 0.2) is 17.4 Å². The van der Waals surface area contributed by atoms with Crippen molar-refractivity contribution in [3.63, 3.8) is 0 Å². The second-order valence-corrected chi connectivity index (χ2v) is 16.7. The fourth-order valence-electron chi connectivity index (χ4n) is 7.79. The molecule has 0 amide bonds. The number of aliphatic hydroxyl groups excluding tert-OH is 1. The van der Waals surface area contributed by atoms with Crippen LogP contribution in [0.2, 0.25) is 0 Å². The van der Waals surface area contributed by atoms with E-state index in [-0.39, 0.29) is 11.1 Å². The van der Waals surface area contributed by atoms with Crippen LogP contribution in [0.15, 0.2) is 60.7 Å². The van der Waals surface area contributed by atoms with E-state index in [1.165, 1.54) is 6.08 Å². The highest BCUT2D eigenvalue weighted by Crippen LogP contribution is 2.36. The second-order valence-electron chi connectivity index (χ2n) is 16.7. The summed E-state index contributed by atoms with van der Waals surface area (Å²) in [5.74, 6) is -4.54. The van der Waals surface area contributed by atoms with Crippen molar-refractivity contribution in [1.82, 2.24) is 0 Å². The molecule has 10 nitrogen and oxygen atoms in total. The molecule has 0 radical (unpaired) electrons. The number of rotatable bonds is 0. The molecule has 2 aromatic carbocycles. The predicted molar refractivity (Wildman–Crippen MR) is 216 cm³/mol. The lowest BCUT2D eigenvalue weighted by Gasteiger charge is -2.22. The van der Waals surface area contributed by atoms with Gasteiger partial charge in [-0.1, -0.05) is 77.9 Å². The number of halogens is 6. The molecule has 4 heterocycles. The SMILES string of the molecule is Cc1cc(C)c2c(c1)/C=C/C[C@@H]1OC(C)(C)O[C@@H]1C(=O)/C=C\C[C@H](C(F)(F)F)OC2=O.Cc1cc(C)c2c(c1)/C=C/C[C@@H]1OC(C)(C)O[C@@H]1C(O)/C=C\C[C@H](C(F)(F)F)OC2=O. The predicted octanol–water partition coefficient (Wildman–Crippen LogP) is 9.48. The summed E-state index contributed by atoms with van der Waals surface area (Å²) in [6.45, 7) is 13.7. The highest BCUT2D eigenvalue weighted by molar-refractivity contribution is 5.97. The van der Waals surface area contributed by atoms with Crippen LogP contribution >= 0.6 is 0 Å². The van der Waals surface area contributed by atoms with Crippen LogP contribution in [0.4, 0.5) is 26.3 Å². The number of esters is 2. The van der Waals surface area contributed by atoms with Gasteiger partial charge in [0.2, 0.25) is 12.2 Å². The first kappa shape index (κ1) is 48.4. The lowest BCUT2D eigenvalue weighted by molar-refractivity contribution is -0.203. The quantitative estimate of drug-likeness (QED) is 0.155. The van der Waals surface area contributed by atoms with Crippen LogP contribution in [0, 0.1) is 27.7 Å². The van der Waals surface area contributed by atoms with E-state index >= 15 is 0 Å². The van der Waals surface area contributed by atoms with Crippen molar-refractivity contribution in [3.8, 4) is 0 Å². The number of aryl methyl sites for hydroxylation is 4. The summed E-state index contributed by atoms with van der Waals surface area (Å²) in [6, 6.07) is 6.86. The molecule has 1 N–H and O–H groups in total. The zero-order valence-electron chi connectivity index (χ0n) is 35.7. The Bertz CT molecular complexity index is 2110. The van der Waals surface area contributed by atoms with Crippen molar-refractivity contribution < 1.29 is 74.3 Å². The lowest BCUT2D eigenvalue weighted by Crippen LogP contribution is -2.35. The van der Waals surface area contributed by atoms with Gasteiger partial charge < -0.3 is 33.5 Å². The van der Waals surface area contributed by atoms with E-state index in [9.17, 15) is 45.8 Å². The third-order valence-electron chi connectivity index (χ3n) is 10.3. The third-order valence-corrected chi connectivity index (χ3v) is 10.3. The van der Waals surface area contributed by atoms with Crippen LogP contribution in [-0.2, 0) is 33.2 Å². The monoisotopic (exact) mass is 878 g/mol. The van der Waals surface area contributed by atoms with Gasteiger partial charge in [-0.05, 0) is 96.6 Å². The molecule has 6 rings (SSSR count). The molecule has 2 saturated heterocycles. The van der Waals surface area contributed by atoms with Crippen molar-refractivity contribution in [2.24, 2.45) is 0 Å². The van der Waals surface area contributed by atoms with E-state index in [1.807, 2.05) is 13.8 Å². The van der Waals surface area contributed by atoms with Crippen LogP contribution in [-0.4, -0.2) is 89.5 Å². The maximum Gasteiger partial charge on any atom is 0.425 e. The number of hydrogen-bond donors (Lipinski definition) is 1. The fourth-order valence-corrected chi connectivity index (χ4v) is 7.79. The van der Waals surface area contributed by atoms with Gasteiger partial charge >= 0.3 is 24.3 Å². The molecule has 7 atom stereocenters. The van der Waals surface area contributed by atoms with Crippen LogP contribution in [0.25, 0.3) is 12.2 Å². The maximum absolute atomic E-state index is 13.5. The summed E-state index contributed by atoms with van der Waals surface area (Å²) < 4.78 is 114. The first-order valence-electron chi connectivity index (χ1n) is 20.1. The maximum atomic E-state index is 13.5. The van der Waals surface area contributed by atoms with E-state index in [1.54, 1.807) is 90.1 Å². The van der Waals surface area contributed by atoms with Gasteiger partial charge in [-0.15, -0.1) is 0 Å². The van der Waals surface area contributed by atoms with Gasteiger partial charge in [-0.3, -0.25) is 4.79 Å². The Balaban J connectivity index is 0.000000234. The summed E-state index contributed by atoms with van der Waals surface area (Å²) in [6.07, 6.45) is -7.57. The van der Waals surface area contributed by atoms with E-state index in [4.69, 9.17) is 28.4 Å². The van der Waals surface area contributed by atoms with Crippen LogP contribution in [0.3, 0.4) is 0 Å². The van der Waals surface area contributed by atoms with E-state index in [0.29, 0.717) is 35.1 Å². The Hall–Kier alpha value is -4.61. The van der Waals surface area contributed by atoms with Crippen LogP contribution in [0.1, 0.15) is 107 Å². The molecular weight excluding hydrogens is 826 g/mol. The minimum atomic E-state index is -4.79. The molecule has 0 spiro atoms. The van der Waals surface area contributed by atoms with E-state index in [0.717, 1.165) is 29.4 Å². The van der Waals surface area contributed by atoms with Crippen molar-refractivity contribution in [1.29, 1.82) is 0 Å². The van der Waals surface area contributed by atoms with Crippen LogP contribution < -0.4 is 0 Å². The van der Waals surface area contributed by atoms with E-state index < -0.39 is 97.2 Å². The molecule has 62 heavy (non-hydrogen) atoms. The van der Waals surface area contributed by atoms with Crippen LogP contribution in [0.5, 0.6) is 0 Å². The largest absolute Gasteiger partial charge is 0.449 e. The summed E-state index contributed by atoms with van der Waals surface area (Å²) in [4.78, 5) is 38.0. The molecular formula is C46H52F6O10. The average molecular weight is 879 g/mol. The zero-order chi connectivity index (χ0) is 45.9. The number of benzene rings is 2. The average Bonchev–Trinajstić information content (AvgIpc) is 3.62. The zero-order valence-corrected chi connectivity index (χ0v) is 35.7. The molecule has 16 heteroatoms. The van der Waals surface area contributed by atoms with Crippen molar-refractivity contribution in [2.45, 2.75) is 148 Å². The van der Waals surface area contributed by atoms with E-state index in [2.05, 4.69) is 0 Å². The minimum Gasteiger partial charge on any atom is -0.449 e. The number of alkyl halides is 6. The van der Waals surface area contributed by atoms with Crippen molar-refractivity contribution >= 4 is 29.9 Å². The highest BCUT2D eigenvalue weighted by Gasteiger charge is 2.47. The third kappa shape index (κ3) is 12.3. The first-order valence-corrected chi connectivity index (χ1v) is 20.1. The molecule has 338 valence electrons. The molecule has 0 saturated carbocycles. The molecule has 1 unspecified atom stereocenters. The molecule has 0 aromatic heterocycles. The Labute approximate surface area is 356 Å². The lowest BCUT2D eigenvalue weighted by atomic mass is 9.97. The highest BCUT2D eigenvalue weighted by atomic mass is 19.4. The van der Waals surface area contributed by atoms with Gasteiger partial charge in [-0.25, -0.2) is 9.59 Å². The molecule has 0 bridgehead atoms. The minimum absolute atomic E-state index is 0.0775. The number of ketones is 1. The van der Waals surface area contributed by atoms with Crippen molar-refractivity contribution in [2.75, 3.05) is 0 Å². The number of aliphatic hydroxyl groups is 1. The molecule has 4 aliphatic rings. The Kier molecular flexibility index (Phi) is 14.8. The topological polar surface area (TPSA) is 127 Å². The van der Waals surface area contributed by atoms with Gasteiger partial charge in [-0.2, -0.15) is 26.3 Å². The molecule has 2 aromatic rings. The Morgan fingerprint density at radius 1 is 0.581 bits per heavy atom. The number of hydrogen-bond acceptors (Lipinski definition) is 10. The molecule has 0 aliphatic carbocycles. The number of carbonyl (C=O) groups excluding carboxylic acids is 3. The summed E-state index contributed by atoms with van der Waals surface area (Å²) in [5, 5.41) is 10.5. The number of carbonyl (C=O) groups is 3. The summed E-state index contributed by atoms with van der Waals surface area (Å²) in [5.41, 5.74) is 3.83. The molecule has 2 fully saturated rings. The van der Waals surface area contributed by atoms with Crippen molar-refractivity contribution in [3.05, 3.63) is 105 Å². The number of cyclic esters (lactones) is 2. The van der Waals surface area contributed by atoms with Gasteiger partial charge in [0.1, 0.15) is 18.3 Å². The smallest absolute Gasteiger partial charge is 0.425 e. The second kappa shape index (κ2) is 19.0. The first-order chi connectivity index (χ1) is 28.7.